The molecule has 5 unspecified atom stereocenters. The van der Waals surface area contributed by atoms with Gasteiger partial charge in [0, 0.05) is 96.5 Å². The van der Waals surface area contributed by atoms with Crippen LogP contribution in [0.4, 0.5) is 9.59 Å². The highest BCUT2D eigenvalue weighted by Gasteiger charge is 2.44. The molecule has 11 nitrogen and oxygen atoms in total. The first kappa shape index (κ1) is 10.6. The van der Waals surface area contributed by atoms with Gasteiger partial charge >= 0.3 is 12.2 Å². The van der Waals surface area contributed by atoms with Crippen LogP contribution in [0.25, 0.3) is 0 Å². The molecule has 2 heterocycles. The number of ether oxygens (including phenoxy) is 3. The standard InChI is InChI=1S/C19H28N2O4.C12H24N2O3/c1-19(2,3)25-18(23)21-11-10-16(15(12-21)13-24-4)20-17(22)14-8-6-5-7-9-14;1-12(2,3)10-8(7-17-4)9(13)5-6-14(10)11(15)16/h5-9,15-16H,10-13H2,1-4H3,(H,20,22);8-10H,5-7,13H2,1-4H3,(H,15,16)/i1D3,2D3,3D3,4D3,5D,6D,7D,8D,9D,10D2,11D2,12D2,13D2,15D,16D;5D2,8D,9D,10D/hD. The van der Waals surface area contributed by atoms with Crippen LogP contribution in [-0.4, -0.2) is 104 Å². The third-order valence-electron chi connectivity index (χ3n) is 4.79. The van der Waals surface area contributed by atoms with Crippen molar-refractivity contribution in [3.05, 3.63) is 35.8 Å². The number of nitrogens with two attached hydrogens (primary N) is 1. The number of methoxy groups -OCH3 is 2. The molecule has 3 amide bonds. The summed E-state index contributed by atoms with van der Waals surface area (Å²) in [5.41, 5.74) is -1.63. The van der Waals surface area contributed by atoms with Gasteiger partial charge in [-0.3, -0.25) is 4.79 Å². The third-order valence-corrected chi connectivity index (χ3v) is 4.79. The van der Waals surface area contributed by atoms with Gasteiger partial charge in [0.15, 0.2) is 1.41 Å². The molecule has 1 aromatic rings. The number of amides is 3. The van der Waals surface area contributed by atoms with E-state index in [4.69, 9.17) is 55.7 Å². The van der Waals surface area contributed by atoms with Crippen molar-refractivity contribution in [2.24, 2.45) is 22.9 Å². The van der Waals surface area contributed by atoms with Crippen LogP contribution >= 0.6 is 0 Å². The highest BCUT2D eigenvalue weighted by molar-refractivity contribution is 5.94. The summed E-state index contributed by atoms with van der Waals surface area (Å²) >= 11 is 0. The number of piperidine rings is 2. The number of rotatable bonds is 6. The number of hydrogen-bond acceptors (Lipinski definition) is 7. The smallest absolute Gasteiger partial charge is 0.410 e. The first-order chi connectivity index (χ1) is 32.6. The molecule has 3 rings (SSSR count). The number of carbonyl (C=O) groups excluding carboxylic acids is 2. The Hall–Kier alpha value is -2.89. The molecule has 4 N–H and O–H groups in total. The fraction of sp³-hybridized carbons (Fsp3) is 0.710. The summed E-state index contributed by atoms with van der Waals surface area (Å²) in [6, 6.07) is -16.4. The monoisotopic (exact) mass is 626 g/mol. The van der Waals surface area contributed by atoms with E-state index in [1.54, 1.807) is 20.8 Å². The molecular weight excluding hydrogens is 540 g/mol. The number of carbonyl (C=O) groups is 3. The van der Waals surface area contributed by atoms with Gasteiger partial charge in [0.05, 0.1) is 29.6 Å². The molecule has 238 valence electrons. The molecule has 0 radical (unpaired) electrons. The van der Waals surface area contributed by atoms with E-state index < -0.39 is 178 Å². The number of likely N-dealkylation sites (tertiary alicyclic amines) is 2. The van der Waals surface area contributed by atoms with Crippen LogP contribution in [0.2, 0.25) is 1.41 Å². The number of benzene rings is 1. The fourth-order valence-corrected chi connectivity index (χ4v) is 3.30. The topological polar surface area (TPSA) is 144 Å². The molecule has 2 aliphatic heterocycles. The molecule has 2 fully saturated rings. The molecule has 0 saturated carbocycles. The summed E-state index contributed by atoms with van der Waals surface area (Å²) in [6.07, 6.45) is -12.1. The Morgan fingerprint density at radius 2 is 1.93 bits per heavy atom. The average Bonchev–Trinajstić information content (AvgIpc) is 3.18. The van der Waals surface area contributed by atoms with Crippen molar-refractivity contribution in [3.63, 3.8) is 0 Å². The Bertz CT molecular complexity index is 2320. The number of nitrogens with zero attached hydrogens (tertiary/aromatic N) is 2. The lowest BCUT2D eigenvalue weighted by molar-refractivity contribution is -0.0157. The molecule has 0 aliphatic carbocycles. The second kappa shape index (κ2) is 15.5. The summed E-state index contributed by atoms with van der Waals surface area (Å²) in [7, 11) is -2.91. The summed E-state index contributed by atoms with van der Waals surface area (Å²) in [4.78, 5) is 38.3. The van der Waals surface area contributed by atoms with Crippen molar-refractivity contribution in [2.45, 2.75) is 77.7 Å². The third kappa shape index (κ3) is 10.4. The predicted molar refractivity (Wildman–Crippen MR) is 161 cm³/mol. The van der Waals surface area contributed by atoms with Crippen LogP contribution in [0.5, 0.6) is 0 Å². The van der Waals surface area contributed by atoms with Crippen molar-refractivity contribution in [1.82, 2.24) is 15.1 Å². The van der Waals surface area contributed by atoms with Crippen LogP contribution in [0.15, 0.2) is 30.2 Å². The first-order valence-corrected chi connectivity index (χ1v) is 11.5. The van der Waals surface area contributed by atoms with Crippen LogP contribution < -0.4 is 11.0 Å². The van der Waals surface area contributed by atoms with Crippen molar-refractivity contribution in [2.75, 3.05) is 46.9 Å². The minimum Gasteiger partial charge on any atom is -0.465 e. The predicted octanol–water partition coefficient (Wildman–Crippen LogP) is 4.06. The Labute approximate surface area is 297 Å². The Morgan fingerprint density at radius 1 is 1.24 bits per heavy atom. The van der Waals surface area contributed by atoms with E-state index in [-0.39, 0.29) is 0 Å². The normalized spacial score (nSPS) is 51.3. The number of nitrogens with one attached hydrogen (secondary N) is 1. The molecule has 0 spiro atoms. The van der Waals surface area contributed by atoms with E-state index in [1.165, 1.54) is 7.11 Å². The molecule has 11 heteroatoms. The molecule has 42 heavy (non-hydrogen) atoms. The molecule has 2 aliphatic rings. The van der Waals surface area contributed by atoms with E-state index in [9.17, 15) is 19.5 Å². The number of carboxylic acid groups (broad SMARTS) is 1. The highest BCUT2D eigenvalue weighted by Crippen LogP contribution is 2.35. The minimum absolute atomic E-state index is 0.545. The maximum absolute atomic E-state index is 13.8. The van der Waals surface area contributed by atoms with Crippen LogP contribution in [0.1, 0.15) is 108 Å². The van der Waals surface area contributed by atoms with Gasteiger partial charge in [-0.15, -0.1) is 0 Å². The van der Waals surface area contributed by atoms with Crippen molar-refractivity contribution >= 4 is 18.1 Å². The zero-order chi connectivity index (χ0) is 60.5. The van der Waals surface area contributed by atoms with Gasteiger partial charge in [0.2, 0.25) is 0 Å². The molecule has 1 aromatic carbocycles. The van der Waals surface area contributed by atoms with E-state index >= 15 is 0 Å². The van der Waals surface area contributed by atoms with E-state index in [0.29, 0.717) is 4.90 Å². The molecule has 0 bridgehead atoms. The van der Waals surface area contributed by atoms with E-state index in [0.717, 1.165) is 0 Å². The largest absolute Gasteiger partial charge is 0.465 e. The van der Waals surface area contributed by atoms with Gasteiger partial charge in [-0.2, -0.15) is 0 Å². The number of hydrogen-bond donors (Lipinski definition) is 3. The SMILES string of the molecule is [2H]C1([2H])CN(C(=O)O)C([2H])(C(C)(C)C)C([2H])(COC)C1([2H])N.[2H]c1c([2H])c([2H])c(C(=O)N([2H])C2([2H])C([2H])([2H])C([2H])([2H])N(C(=O)OC(C([2H])([2H])[2H])(C([2H])([2H])[2H])C([2H])([2H])[2H])C([2H])([2H])C2([2H])C([2H])([2H])OC([2H])([2H])[2H])c([2H])c1[2H]. The zero-order valence-electron chi connectivity index (χ0n) is 55.7. The summed E-state index contributed by atoms with van der Waals surface area (Å²) in [5, 5.41) is 8.18. The van der Waals surface area contributed by atoms with Crippen LogP contribution in [0.3, 0.4) is 0 Å². The van der Waals surface area contributed by atoms with Gasteiger partial charge in [-0.05, 0) is 50.8 Å². The van der Waals surface area contributed by atoms with Gasteiger partial charge in [0.1, 0.15) is 5.60 Å². The lowest BCUT2D eigenvalue weighted by atomic mass is 9.72. The maximum Gasteiger partial charge on any atom is 0.410 e. The van der Waals surface area contributed by atoms with Crippen molar-refractivity contribution in [3.8, 4) is 0 Å². The van der Waals surface area contributed by atoms with Crippen molar-refractivity contribution < 1.29 is 79.0 Å². The summed E-state index contributed by atoms with van der Waals surface area (Å²) < 4.78 is 280. The van der Waals surface area contributed by atoms with E-state index in [2.05, 4.69) is 9.47 Å². The second-order valence-corrected chi connectivity index (χ2v) is 9.05. The molecule has 0 aromatic heterocycles. The maximum atomic E-state index is 13.8. The average molecular weight is 626 g/mol. The fourth-order valence-electron chi connectivity index (χ4n) is 3.30. The second-order valence-electron chi connectivity index (χ2n) is 9.05. The van der Waals surface area contributed by atoms with Gasteiger partial charge < -0.3 is 40.2 Å². The Morgan fingerprint density at radius 3 is 2.50 bits per heavy atom. The highest BCUT2D eigenvalue weighted by atomic mass is 16.6. The molecule has 2 saturated heterocycles. The Kier molecular flexibility index (Phi) is 3.93. The molecule has 5 atom stereocenters. The van der Waals surface area contributed by atoms with Crippen LogP contribution in [0, 0.1) is 17.2 Å². The van der Waals surface area contributed by atoms with Gasteiger partial charge in [-0.1, -0.05) is 38.9 Å². The Balaban J connectivity index is 0.000000727. The van der Waals surface area contributed by atoms with E-state index in [1.807, 2.05) is 0 Å². The lowest BCUT2D eigenvalue weighted by Crippen LogP contribution is -2.61. The molecular formula is C31H52N4O7. The minimum atomic E-state index is -5.15. The zero-order valence-corrected chi connectivity index (χ0v) is 22.7. The van der Waals surface area contributed by atoms with Crippen molar-refractivity contribution in [1.29, 1.82) is 0 Å². The van der Waals surface area contributed by atoms with Gasteiger partial charge in [0.25, 0.3) is 5.91 Å². The summed E-state index contributed by atoms with van der Waals surface area (Å²) in [6.45, 7) is -24.8. The quantitative estimate of drug-likeness (QED) is 0.429. The summed E-state index contributed by atoms with van der Waals surface area (Å²) in [5.74, 6) is -9.95. The van der Waals surface area contributed by atoms with Gasteiger partial charge in [-0.25, -0.2) is 9.59 Å². The lowest BCUT2D eigenvalue weighted by Gasteiger charge is -2.49. The van der Waals surface area contributed by atoms with Crippen LogP contribution in [-0.2, 0) is 14.2 Å². The first-order valence-electron chi connectivity index (χ1n) is 27.9.